The van der Waals surface area contributed by atoms with Crippen molar-refractivity contribution in [1.29, 1.82) is 0 Å². The minimum Gasteiger partial charge on any atom is -0.264 e. The standard InChI is InChI=1S/C10H11N3S/c1-2-4-9-12-13-10(14-9)8-5-3-6-11-7-8/h3,5-7H,2,4H2,1H3. The van der Waals surface area contributed by atoms with Crippen LogP contribution in [0.3, 0.4) is 0 Å². The molecule has 0 aromatic carbocycles. The second kappa shape index (κ2) is 4.28. The van der Waals surface area contributed by atoms with Gasteiger partial charge in [-0.25, -0.2) is 0 Å². The van der Waals surface area contributed by atoms with E-state index in [1.807, 2.05) is 18.3 Å². The number of rotatable bonds is 3. The zero-order valence-corrected chi connectivity index (χ0v) is 8.79. The average Bonchev–Trinajstić information content (AvgIpc) is 2.68. The molecule has 0 radical (unpaired) electrons. The van der Waals surface area contributed by atoms with Crippen molar-refractivity contribution in [2.24, 2.45) is 0 Å². The van der Waals surface area contributed by atoms with Crippen LogP contribution in [0.4, 0.5) is 0 Å². The highest BCUT2D eigenvalue weighted by Gasteiger charge is 2.04. The van der Waals surface area contributed by atoms with Crippen LogP contribution in [-0.4, -0.2) is 15.2 Å². The van der Waals surface area contributed by atoms with Crippen LogP contribution in [0, 0.1) is 0 Å². The molecule has 0 unspecified atom stereocenters. The molecule has 0 amide bonds. The van der Waals surface area contributed by atoms with Crippen LogP contribution in [0.1, 0.15) is 18.4 Å². The highest BCUT2D eigenvalue weighted by Crippen LogP contribution is 2.22. The Morgan fingerprint density at radius 3 is 3.00 bits per heavy atom. The molecule has 0 atom stereocenters. The van der Waals surface area contributed by atoms with E-state index < -0.39 is 0 Å². The van der Waals surface area contributed by atoms with Gasteiger partial charge in [-0.15, -0.1) is 10.2 Å². The Morgan fingerprint density at radius 2 is 2.29 bits per heavy atom. The Kier molecular flexibility index (Phi) is 2.84. The number of nitrogens with zero attached hydrogens (tertiary/aromatic N) is 3. The van der Waals surface area contributed by atoms with Crippen molar-refractivity contribution in [3.8, 4) is 10.6 Å². The fraction of sp³-hybridized carbons (Fsp3) is 0.300. The van der Waals surface area contributed by atoms with E-state index in [4.69, 9.17) is 0 Å². The molecule has 0 aliphatic heterocycles. The quantitative estimate of drug-likeness (QED) is 0.773. The summed E-state index contributed by atoms with van der Waals surface area (Å²) in [7, 11) is 0. The molecule has 2 aromatic rings. The first-order valence-corrected chi connectivity index (χ1v) is 5.44. The summed E-state index contributed by atoms with van der Waals surface area (Å²) in [4.78, 5) is 4.06. The molecule has 0 spiro atoms. The second-order valence-electron chi connectivity index (χ2n) is 2.99. The minimum absolute atomic E-state index is 0.960. The van der Waals surface area contributed by atoms with Gasteiger partial charge in [0.05, 0.1) is 0 Å². The van der Waals surface area contributed by atoms with Gasteiger partial charge in [0.2, 0.25) is 0 Å². The highest BCUT2D eigenvalue weighted by molar-refractivity contribution is 7.14. The first kappa shape index (κ1) is 9.27. The highest BCUT2D eigenvalue weighted by atomic mass is 32.1. The van der Waals surface area contributed by atoms with Gasteiger partial charge >= 0.3 is 0 Å². The van der Waals surface area contributed by atoms with Gasteiger partial charge < -0.3 is 0 Å². The van der Waals surface area contributed by atoms with Crippen LogP contribution in [0.25, 0.3) is 10.6 Å². The lowest BCUT2D eigenvalue weighted by atomic mass is 10.3. The molecule has 0 fully saturated rings. The van der Waals surface area contributed by atoms with E-state index in [0.29, 0.717) is 0 Å². The summed E-state index contributed by atoms with van der Waals surface area (Å²) in [5, 5.41) is 10.3. The van der Waals surface area contributed by atoms with Crippen LogP contribution in [0.2, 0.25) is 0 Å². The van der Waals surface area contributed by atoms with Crippen LogP contribution in [-0.2, 0) is 6.42 Å². The summed E-state index contributed by atoms with van der Waals surface area (Å²) in [6.07, 6.45) is 5.70. The topological polar surface area (TPSA) is 38.7 Å². The summed E-state index contributed by atoms with van der Waals surface area (Å²) in [6.45, 7) is 2.14. The van der Waals surface area contributed by atoms with Gasteiger partial charge in [-0.05, 0) is 18.6 Å². The molecule has 3 nitrogen and oxygen atoms in total. The molecular formula is C10H11N3S. The smallest absolute Gasteiger partial charge is 0.149 e. The molecule has 0 bridgehead atoms. The van der Waals surface area contributed by atoms with E-state index in [-0.39, 0.29) is 0 Å². The van der Waals surface area contributed by atoms with Crippen molar-refractivity contribution in [2.45, 2.75) is 19.8 Å². The summed E-state index contributed by atoms with van der Waals surface area (Å²) in [5.74, 6) is 0. The Morgan fingerprint density at radius 1 is 1.36 bits per heavy atom. The zero-order chi connectivity index (χ0) is 9.80. The van der Waals surface area contributed by atoms with Gasteiger partial charge in [-0.2, -0.15) is 0 Å². The SMILES string of the molecule is CCCc1nnc(-c2cccnc2)s1. The first-order valence-electron chi connectivity index (χ1n) is 4.63. The lowest BCUT2D eigenvalue weighted by Gasteiger charge is -1.90. The van der Waals surface area contributed by atoms with Crippen LogP contribution < -0.4 is 0 Å². The van der Waals surface area contributed by atoms with E-state index in [2.05, 4.69) is 22.1 Å². The van der Waals surface area contributed by atoms with Gasteiger partial charge in [-0.1, -0.05) is 18.3 Å². The Labute approximate surface area is 86.9 Å². The van der Waals surface area contributed by atoms with Crippen molar-refractivity contribution >= 4 is 11.3 Å². The van der Waals surface area contributed by atoms with Gasteiger partial charge in [0, 0.05) is 24.4 Å². The number of hydrogen-bond donors (Lipinski definition) is 0. The van der Waals surface area contributed by atoms with E-state index >= 15 is 0 Å². The molecule has 0 saturated carbocycles. The lowest BCUT2D eigenvalue weighted by molar-refractivity contribution is 0.879. The molecule has 0 aliphatic carbocycles. The van der Waals surface area contributed by atoms with Gasteiger partial charge in [0.15, 0.2) is 0 Å². The Balaban J connectivity index is 2.25. The number of aryl methyl sites for hydroxylation is 1. The molecule has 14 heavy (non-hydrogen) atoms. The number of aromatic nitrogens is 3. The fourth-order valence-corrected chi connectivity index (χ4v) is 2.11. The molecule has 4 heteroatoms. The monoisotopic (exact) mass is 205 g/mol. The van der Waals surface area contributed by atoms with Crippen LogP contribution >= 0.6 is 11.3 Å². The average molecular weight is 205 g/mol. The maximum Gasteiger partial charge on any atom is 0.149 e. The maximum absolute atomic E-state index is 4.13. The van der Waals surface area contributed by atoms with Crippen molar-refractivity contribution in [1.82, 2.24) is 15.2 Å². The van der Waals surface area contributed by atoms with E-state index in [9.17, 15) is 0 Å². The van der Waals surface area contributed by atoms with Crippen LogP contribution in [0.5, 0.6) is 0 Å². The van der Waals surface area contributed by atoms with Gasteiger partial charge in [-0.3, -0.25) is 4.98 Å². The predicted molar refractivity (Wildman–Crippen MR) is 57.1 cm³/mol. The van der Waals surface area contributed by atoms with Gasteiger partial charge in [0.25, 0.3) is 0 Å². The molecule has 0 aliphatic rings. The third kappa shape index (κ3) is 1.96. The third-order valence-corrected chi connectivity index (χ3v) is 2.87. The number of pyridine rings is 1. The molecule has 72 valence electrons. The van der Waals surface area contributed by atoms with E-state index in [1.54, 1.807) is 17.5 Å². The Bertz CT molecular complexity index is 397. The van der Waals surface area contributed by atoms with E-state index in [1.165, 1.54) is 0 Å². The second-order valence-corrected chi connectivity index (χ2v) is 4.05. The maximum atomic E-state index is 4.13. The largest absolute Gasteiger partial charge is 0.264 e. The summed E-state index contributed by atoms with van der Waals surface area (Å²) in [6, 6.07) is 3.92. The summed E-state index contributed by atoms with van der Waals surface area (Å²) in [5.41, 5.74) is 1.05. The fourth-order valence-electron chi connectivity index (χ4n) is 1.17. The van der Waals surface area contributed by atoms with Gasteiger partial charge in [0.1, 0.15) is 10.0 Å². The number of hydrogen-bond acceptors (Lipinski definition) is 4. The molecular weight excluding hydrogens is 194 g/mol. The van der Waals surface area contributed by atoms with Crippen molar-refractivity contribution in [3.05, 3.63) is 29.5 Å². The lowest BCUT2D eigenvalue weighted by Crippen LogP contribution is -1.80. The molecule has 2 aromatic heterocycles. The molecule has 2 heterocycles. The van der Waals surface area contributed by atoms with Crippen LogP contribution in [0.15, 0.2) is 24.5 Å². The van der Waals surface area contributed by atoms with Crippen molar-refractivity contribution < 1.29 is 0 Å². The normalized spacial score (nSPS) is 10.4. The first-order chi connectivity index (χ1) is 6.90. The Hall–Kier alpha value is -1.29. The third-order valence-electron chi connectivity index (χ3n) is 1.84. The van der Waals surface area contributed by atoms with E-state index in [0.717, 1.165) is 28.4 Å². The molecule has 2 rings (SSSR count). The minimum atomic E-state index is 0.960. The molecule has 0 N–H and O–H groups in total. The zero-order valence-electron chi connectivity index (χ0n) is 7.97. The van der Waals surface area contributed by atoms with Crippen molar-refractivity contribution in [3.63, 3.8) is 0 Å². The summed E-state index contributed by atoms with van der Waals surface area (Å²) >= 11 is 1.65. The molecule has 0 saturated heterocycles. The summed E-state index contributed by atoms with van der Waals surface area (Å²) < 4.78 is 0. The van der Waals surface area contributed by atoms with Crippen molar-refractivity contribution in [2.75, 3.05) is 0 Å². The predicted octanol–water partition coefficient (Wildman–Crippen LogP) is 2.55.